The zero-order valence-corrected chi connectivity index (χ0v) is 18.3. The van der Waals surface area contributed by atoms with Crippen LogP contribution in [0.4, 0.5) is 28.9 Å². The SMILES string of the molecule is CCN(c1ccccc1)c1cc(-c2ccccc2)c(-c2ccccc2)c(F)c1C(=O)C(F)(F)F. The largest absolute Gasteiger partial charge is 0.455 e. The molecule has 0 spiro atoms. The molecule has 0 aliphatic rings. The molecule has 0 fully saturated rings. The third-order valence-corrected chi connectivity index (χ3v) is 5.55. The van der Waals surface area contributed by atoms with Crippen molar-refractivity contribution in [2.24, 2.45) is 0 Å². The number of anilines is 2. The van der Waals surface area contributed by atoms with Gasteiger partial charge in [-0.05, 0) is 41.8 Å². The lowest BCUT2D eigenvalue weighted by atomic mass is 9.89. The van der Waals surface area contributed by atoms with Crippen LogP contribution in [0, 0.1) is 5.82 Å². The summed E-state index contributed by atoms with van der Waals surface area (Å²) in [5.74, 6) is -3.41. The molecule has 0 saturated carbocycles. The summed E-state index contributed by atoms with van der Waals surface area (Å²) in [7, 11) is 0. The van der Waals surface area contributed by atoms with Crippen LogP contribution >= 0.6 is 0 Å². The van der Waals surface area contributed by atoms with E-state index in [0.29, 0.717) is 22.4 Å². The smallest absolute Gasteiger partial charge is 0.341 e. The van der Waals surface area contributed by atoms with Crippen molar-refractivity contribution >= 4 is 17.2 Å². The number of hydrogen-bond donors (Lipinski definition) is 0. The number of alkyl halides is 3. The van der Waals surface area contributed by atoms with Crippen molar-refractivity contribution in [3.05, 3.63) is 108 Å². The van der Waals surface area contributed by atoms with Gasteiger partial charge in [0.25, 0.3) is 5.78 Å². The molecule has 6 heteroatoms. The molecular formula is C28H21F4NO. The third-order valence-electron chi connectivity index (χ3n) is 5.55. The Morgan fingerprint density at radius 2 is 1.29 bits per heavy atom. The maximum atomic E-state index is 16.2. The van der Waals surface area contributed by atoms with Crippen molar-refractivity contribution in [2.45, 2.75) is 13.1 Å². The van der Waals surface area contributed by atoms with Crippen LogP contribution < -0.4 is 4.90 Å². The summed E-state index contributed by atoms with van der Waals surface area (Å²) in [4.78, 5) is 14.1. The van der Waals surface area contributed by atoms with Crippen LogP contribution in [0.5, 0.6) is 0 Å². The summed E-state index contributed by atoms with van der Waals surface area (Å²) in [6.07, 6.45) is -5.24. The average molecular weight is 463 g/mol. The van der Waals surface area contributed by atoms with Gasteiger partial charge in [-0.1, -0.05) is 78.9 Å². The Hall–Kier alpha value is -3.93. The van der Waals surface area contributed by atoms with E-state index in [9.17, 15) is 18.0 Å². The number of rotatable bonds is 6. The number of carbonyl (C=O) groups is 1. The first-order valence-corrected chi connectivity index (χ1v) is 10.7. The van der Waals surface area contributed by atoms with E-state index in [4.69, 9.17) is 0 Å². The molecule has 4 aromatic carbocycles. The van der Waals surface area contributed by atoms with Crippen LogP contribution in [-0.2, 0) is 0 Å². The number of Topliss-reactive ketones (excluding diaryl/α,β-unsaturated/α-hetero) is 1. The average Bonchev–Trinajstić information content (AvgIpc) is 2.85. The summed E-state index contributed by atoms with van der Waals surface area (Å²) in [6, 6.07) is 27.3. The van der Waals surface area contributed by atoms with Crippen molar-refractivity contribution < 1.29 is 22.4 Å². The van der Waals surface area contributed by atoms with Gasteiger partial charge in [0.15, 0.2) is 0 Å². The monoisotopic (exact) mass is 463 g/mol. The standard InChI is InChI=1S/C28H21F4NO/c1-2-33(21-16-10-5-11-17-21)23-18-22(19-12-6-3-7-13-19)24(20-14-8-4-9-15-20)26(29)25(23)27(34)28(30,31)32/h3-18H,2H2,1H3. The first-order valence-electron chi connectivity index (χ1n) is 10.7. The van der Waals surface area contributed by atoms with Gasteiger partial charge in [-0.25, -0.2) is 4.39 Å². The molecule has 0 radical (unpaired) electrons. The van der Waals surface area contributed by atoms with Gasteiger partial charge in [0.1, 0.15) is 5.82 Å². The third kappa shape index (κ3) is 4.44. The van der Waals surface area contributed by atoms with E-state index in [2.05, 4.69) is 0 Å². The van der Waals surface area contributed by atoms with Gasteiger partial charge in [0, 0.05) is 17.8 Å². The van der Waals surface area contributed by atoms with Gasteiger partial charge in [-0.3, -0.25) is 4.79 Å². The van der Waals surface area contributed by atoms with E-state index < -0.39 is 23.3 Å². The molecule has 0 heterocycles. The fourth-order valence-corrected chi connectivity index (χ4v) is 4.04. The van der Waals surface area contributed by atoms with Gasteiger partial charge in [-0.2, -0.15) is 13.2 Å². The Bertz CT molecular complexity index is 1290. The quantitative estimate of drug-likeness (QED) is 0.213. The Balaban J connectivity index is 2.12. The Kier molecular flexibility index (Phi) is 6.50. The van der Waals surface area contributed by atoms with Crippen LogP contribution in [0.25, 0.3) is 22.3 Å². The summed E-state index contributed by atoms with van der Waals surface area (Å²) >= 11 is 0. The minimum atomic E-state index is -5.24. The molecule has 0 atom stereocenters. The fourth-order valence-electron chi connectivity index (χ4n) is 4.04. The predicted molar refractivity (Wildman–Crippen MR) is 127 cm³/mol. The topological polar surface area (TPSA) is 20.3 Å². The van der Waals surface area contributed by atoms with Crippen molar-refractivity contribution in [3.63, 3.8) is 0 Å². The van der Waals surface area contributed by atoms with Crippen molar-refractivity contribution in [1.82, 2.24) is 0 Å². The highest BCUT2D eigenvalue weighted by Crippen LogP contribution is 2.43. The number of nitrogens with zero attached hydrogens (tertiary/aromatic N) is 1. The minimum Gasteiger partial charge on any atom is -0.341 e. The minimum absolute atomic E-state index is 0.0488. The molecule has 0 unspecified atom stereocenters. The highest BCUT2D eigenvalue weighted by molar-refractivity contribution is 6.08. The van der Waals surface area contributed by atoms with Gasteiger partial charge < -0.3 is 4.90 Å². The van der Waals surface area contributed by atoms with E-state index in [-0.39, 0.29) is 17.8 Å². The van der Waals surface area contributed by atoms with Gasteiger partial charge >= 0.3 is 6.18 Å². The second-order valence-corrected chi connectivity index (χ2v) is 7.65. The molecule has 0 bridgehead atoms. The lowest BCUT2D eigenvalue weighted by Crippen LogP contribution is -2.28. The zero-order valence-electron chi connectivity index (χ0n) is 18.3. The lowest BCUT2D eigenvalue weighted by molar-refractivity contribution is -0.0887. The predicted octanol–water partition coefficient (Wildman–Crippen LogP) is 8.06. The molecule has 0 aromatic heterocycles. The lowest BCUT2D eigenvalue weighted by Gasteiger charge is -2.28. The number of para-hydroxylation sites is 1. The molecule has 2 nitrogen and oxygen atoms in total. The number of carbonyl (C=O) groups excluding carboxylic acids is 1. The zero-order chi connectivity index (χ0) is 24.3. The maximum Gasteiger partial charge on any atom is 0.455 e. The molecule has 0 N–H and O–H groups in total. The van der Waals surface area contributed by atoms with Gasteiger partial charge in [0.2, 0.25) is 0 Å². The van der Waals surface area contributed by atoms with Gasteiger partial charge in [-0.15, -0.1) is 0 Å². The van der Waals surface area contributed by atoms with Gasteiger partial charge in [0.05, 0.1) is 11.3 Å². The Morgan fingerprint density at radius 1 is 0.794 bits per heavy atom. The van der Waals surface area contributed by atoms with E-state index in [1.807, 2.05) is 0 Å². The van der Waals surface area contributed by atoms with Crippen molar-refractivity contribution in [2.75, 3.05) is 11.4 Å². The summed E-state index contributed by atoms with van der Waals surface area (Å²) in [5.41, 5.74) is 0.775. The fraction of sp³-hybridized carbons (Fsp3) is 0.107. The molecule has 0 aliphatic carbocycles. The first kappa shape index (κ1) is 23.2. The first-order chi connectivity index (χ1) is 16.3. The van der Waals surface area contributed by atoms with Crippen molar-refractivity contribution in [3.8, 4) is 22.3 Å². The molecule has 0 aliphatic heterocycles. The number of benzene rings is 4. The highest BCUT2D eigenvalue weighted by atomic mass is 19.4. The Labute approximate surface area is 195 Å². The Morgan fingerprint density at radius 3 is 1.79 bits per heavy atom. The molecule has 4 rings (SSSR count). The molecular weight excluding hydrogens is 442 g/mol. The normalized spacial score (nSPS) is 11.3. The molecule has 172 valence electrons. The second-order valence-electron chi connectivity index (χ2n) is 7.65. The van der Waals surface area contributed by atoms with Crippen LogP contribution in [0.3, 0.4) is 0 Å². The van der Waals surface area contributed by atoms with E-state index in [1.165, 1.54) is 11.0 Å². The van der Waals surface area contributed by atoms with Crippen LogP contribution in [0.1, 0.15) is 17.3 Å². The highest BCUT2D eigenvalue weighted by Gasteiger charge is 2.44. The molecule has 4 aromatic rings. The van der Waals surface area contributed by atoms with Crippen LogP contribution in [0.2, 0.25) is 0 Å². The molecule has 0 amide bonds. The van der Waals surface area contributed by atoms with E-state index >= 15 is 4.39 Å². The second kappa shape index (κ2) is 9.51. The maximum absolute atomic E-state index is 16.2. The summed E-state index contributed by atoms with van der Waals surface area (Å²) in [6.45, 7) is 1.96. The molecule has 34 heavy (non-hydrogen) atoms. The number of ketones is 1. The number of halogens is 4. The van der Waals surface area contributed by atoms with E-state index in [0.717, 1.165) is 0 Å². The number of hydrogen-bond acceptors (Lipinski definition) is 2. The molecule has 0 saturated heterocycles. The van der Waals surface area contributed by atoms with E-state index in [1.54, 1.807) is 97.9 Å². The summed E-state index contributed by atoms with van der Waals surface area (Å²) in [5, 5.41) is 0. The van der Waals surface area contributed by atoms with Crippen LogP contribution in [0.15, 0.2) is 97.1 Å². The summed E-state index contributed by atoms with van der Waals surface area (Å²) < 4.78 is 57.3. The van der Waals surface area contributed by atoms with Crippen LogP contribution in [-0.4, -0.2) is 18.5 Å². The van der Waals surface area contributed by atoms with Crippen molar-refractivity contribution in [1.29, 1.82) is 0 Å².